The summed E-state index contributed by atoms with van der Waals surface area (Å²) in [6.07, 6.45) is 4.38. The molecule has 2 atom stereocenters. The number of piperidine rings is 1. The van der Waals surface area contributed by atoms with E-state index in [0.717, 1.165) is 79.7 Å². The van der Waals surface area contributed by atoms with E-state index in [4.69, 9.17) is 4.74 Å². The number of hydrogen-bond donors (Lipinski definition) is 1. The summed E-state index contributed by atoms with van der Waals surface area (Å²) in [5.41, 5.74) is 1.08. The zero-order chi connectivity index (χ0) is 21.3. The molecule has 0 spiro atoms. The first kappa shape index (κ1) is 20.5. The summed E-state index contributed by atoms with van der Waals surface area (Å²) < 4.78 is 5.47. The lowest BCUT2D eigenvalue weighted by molar-refractivity contribution is -0.0333. The zero-order valence-electron chi connectivity index (χ0n) is 17.8. The van der Waals surface area contributed by atoms with Crippen molar-refractivity contribution in [2.45, 2.75) is 31.8 Å². The molecule has 0 amide bonds. The molecule has 1 aromatic carbocycles. The quantitative estimate of drug-likeness (QED) is 0.648. The minimum Gasteiger partial charge on any atom is -0.382 e. The number of rotatable bonds is 5. The maximum atomic E-state index is 11.5. The molecule has 1 N–H and O–H groups in total. The van der Waals surface area contributed by atoms with E-state index in [1.807, 2.05) is 12.3 Å². The molecule has 2 aromatic heterocycles. The molecule has 3 aromatic rings. The summed E-state index contributed by atoms with van der Waals surface area (Å²) in [5, 5.41) is 28.1. The SMILES string of the molecule is CC[C@@](O)(c1nccs1)[C@H]1CCCN(c2nnnc3cc(N4CCOCC4)ccc23)C1. The van der Waals surface area contributed by atoms with Gasteiger partial charge in [0.1, 0.15) is 16.1 Å². The minimum atomic E-state index is -0.910. The van der Waals surface area contributed by atoms with E-state index in [1.54, 1.807) is 6.20 Å². The van der Waals surface area contributed by atoms with Crippen LogP contribution in [0.1, 0.15) is 31.2 Å². The molecule has 0 unspecified atom stereocenters. The van der Waals surface area contributed by atoms with Crippen LogP contribution in [0, 0.1) is 5.92 Å². The van der Waals surface area contributed by atoms with E-state index >= 15 is 0 Å². The molecule has 2 aliphatic rings. The molecule has 0 aliphatic carbocycles. The number of ether oxygens (including phenoxy) is 1. The standard InChI is InChI=1S/C22H28N6O2S/c1-2-22(29,21-23-7-13-31-21)16-4-3-8-28(15-16)20-18-6-5-17(14-19(18)24-26-25-20)27-9-11-30-12-10-27/h5-7,13-14,16,29H,2-4,8-12,15H2,1H3/t16-,22-/m0/s1. The number of benzene rings is 1. The zero-order valence-corrected chi connectivity index (χ0v) is 18.6. The molecule has 2 saturated heterocycles. The van der Waals surface area contributed by atoms with Crippen molar-refractivity contribution in [2.75, 3.05) is 49.2 Å². The third kappa shape index (κ3) is 3.86. The summed E-state index contributed by atoms with van der Waals surface area (Å²) in [4.78, 5) is 9.01. The predicted molar refractivity (Wildman–Crippen MR) is 122 cm³/mol. The van der Waals surface area contributed by atoms with E-state index < -0.39 is 5.60 Å². The Morgan fingerprint density at radius 3 is 2.84 bits per heavy atom. The lowest BCUT2D eigenvalue weighted by Gasteiger charge is -2.41. The third-order valence-corrected chi connectivity index (χ3v) is 7.57. The van der Waals surface area contributed by atoms with Gasteiger partial charge in [-0.25, -0.2) is 4.98 Å². The van der Waals surface area contributed by atoms with Crippen molar-refractivity contribution in [2.24, 2.45) is 5.92 Å². The molecular weight excluding hydrogens is 412 g/mol. The van der Waals surface area contributed by atoms with Crippen LogP contribution in [-0.4, -0.2) is 64.9 Å². The van der Waals surface area contributed by atoms with Crippen LogP contribution in [0.15, 0.2) is 29.8 Å². The average Bonchev–Trinajstić information content (AvgIpc) is 3.39. The van der Waals surface area contributed by atoms with Crippen molar-refractivity contribution >= 4 is 33.7 Å². The Labute approximate surface area is 185 Å². The number of anilines is 2. The van der Waals surface area contributed by atoms with Crippen LogP contribution in [0.25, 0.3) is 10.9 Å². The van der Waals surface area contributed by atoms with Gasteiger partial charge in [-0.15, -0.1) is 21.5 Å². The van der Waals surface area contributed by atoms with Gasteiger partial charge in [-0.1, -0.05) is 6.92 Å². The molecule has 8 nitrogen and oxygen atoms in total. The van der Waals surface area contributed by atoms with Gasteiger partial charge < -0.3 is 19.6 Å². The Morgan fingerprint density at radius 2 is 2.06 bits per heavy atom. The predicted octanol–water partition coefficient (Wildman–Crippen LogP) is 2.83. The first-order chi connectivity index (χ1) is 15.2. The van der Waals surface area contributed by atoms with Crippen LogP contribution in [-0.2, 0) is 10.3 Å². The largest absolute Gasteiger partial charge is 0.382 e. The number of nitrogens with zero attached hydrogens (tertiary/aromatic N) is 6. The van der Waals surface area contributed by atoms with Gasteiger partial charge in [0.15, 0.2) is 5.82 Å². The summed E-state index contributed by atoms with van der Waals surface area (Å²) in [6, 6.07) is 6.34. The second-order valence-corrected chi connectivity index (χ2v) is 9.21. The minimum absolute atomic E-state index is 0.0926. The van der Waals surface area contributed by atoms with E-state index in [2.05, 4.69) is 48.4 Å². The number of thiazole rings is 1. The second-order valence-electron chi connectivity index (χ2n) is 8.31. The smallest absolute Gasteiger partial charge is 0.162 e. The van der Waals surface area contributed by atoms with Gasteiger partial charge >= 0.3 is 0 Å². The fourth-order valence-electron chi connectivity index (χ4n) is 4.82. The van der Waals surface area contributed by atoms with Crippen LogP contribution in [0.5, 0.6) is 0 Å². The number of morpholine rings is 1. The normalized spacial score (nSPS) is 21.9. The van der Waals surface area contributed by atoms with E-state index in [1.165, 1.54) is 11.3 Å². The Bertz CT molecular complexity index is 1030. The lowest BCUT2D eigenvalue weighted by Crippen LogP contribution is -2.46. The van der Waals surface area contributed by atoms with Crippen LogP contribution < -0.4 is 9.80 Å². The van der Waals surface area contributed by atoms with E-state index in [9.17, 15) is 5.11 Å². The summed E-state index contributed by atoms with van der Waals surface area (Å²) >= 11 is 1.53. The van der Waals surface area contributed by atoms with Crippen LogP contribution in [0.2, 0.25) is 0 Å². The highest BCUT2D eigenvalue weighted by Gasteiger charge is 2.41. The molecule has 4 heterocycles. The van der Waals surface area contributed by atoms with Crippen LogP contribution in [0.4, 0.5) is 11.5 Å². The van der Waals surface area contributed by atoms with Crippen molar-refractivity contribution in [3.63, 3.8) is 0 Å². The highest BCUT2D eigenvalue weighted by molar-refractivity contribution is 7.09. The molecule has 0 bridgehead atoms. The summed E-state index contributed by atoms with van der Waals surface area (Å²) in [5.74, 6) is 0.941. The highest BCUT2D eigenvalue weighted by atomic mass is 32.1. The van der Waals surface area contributed by atoms with Crippen LogP contribution >= 0.6 is 11.3 Å². The number of aromatic nitrogens is 4. The summed E-state index contributed by atoms with van der Waals surface area (Å²) in [6.45, 7) is 6.93. The molecule has 2 aliphatic heterocycles. The van der Waals surface area contributed by atoms with Gasteiger partial charge in [0, 0.05) is 54.7 Å². The van der Waals surface area contributed by atoms with Gasteiger partial charge in [0.05, 0.1) is 13.2 Å². The molecule has 164 valence electrons. The summed E-state index contributed by atoms with van der Waals surface area (Å²) in [7, 11) is 0. The number of hydrogen-bond acceptors (Lipinski definition) is 9. The Hall–Kier alpha value is -2.36. The van der Waals surface area contributed by atoms with Crippen molar-refractivity contribution in [3.8, 4) is 0 Å². The van der Waals surface area contributed by atoms with Crippen molar-refractivity contribution in [1.29, 1.82) is 0 Å². The topological polar surface area (TPSA) is 87.5 Å². The van der Waals surface area contributed by atoms with Gasteiger partial charge in [0.25, 0.3) is 0 Å². The average molecular weight is 441 g/mol. The fraction of sp³-hybridized carbons (Fsp3) is 0.545. The molecule has 0 saturated carbocycles. The first-order valence-electron chi connectivity index (χ1n) is 11.0. The van der Waals surface area contributed by atoms with Gasteiger partial charge in [-0.2, -0.15) is 0 Å². The molecular formula is C22H28N6O2S. The van der Waals surface area contributed by atoms with Gasteiger partial charge in [-0.3, -0.25) is 0 Å². The Kier molecular flexibility index (Phi) is 5.73. The van der Waals surface area contributed by atoms with Crippen LogP contribution in [0.3, 0.4) is 0 Å². The fourth-order valence-corrected chi connectivity index (χ4v) is 5.71. The van der Waals surface area contributed by atoms with E-state index in [0.29, 0.717) is 6.42 Å². The Balaban J connectivity index is 1.43. The molecule has 2 fully saturated rings. The van der Waals surface area contributed by atoms with Gasteiger partial charge in [0.2, 0.25) is 0 Å². The van der Waals surface area contributed by atoms with Crippen molar-refractivity contribution in [1.82, 2.24) is 20.4 Å². The van der Waals surface area contributed by atoms with Gasteiger partial charge in [-0.05, 0) is 42.7 Å². The van der Waals surface area contributed by atoms with E-state index in [-0.39, 0.29) is 5.92 Å². The maximum absolute atomic E-state index is 11.5. The second kappa shape index (κ2) is 8.64. The monoisotopic (exact) mass is 440 g/mol. The molecule has 5 rings (SSSR count). The maximum Gasteiger partial charge on any atom is 0.162 e. The number of fused-ring (bicyclic) bond motifs is 1. The molecule has 0 radical (unpaired) electrons. The first-order valence-corrected chi connectivity index (χ1v) is 11.9. The number of aliphatic hydroxyl groups is 1. The van der Waals surface area contributed by atoms with Crippen molar-refractivity contribution in [3.05, 3.63) is 34.8 Å². The van der Waals surface area contributed by atoms with Crippen molar-refractivity contribution < 1.29 is 9.84 Å². The molecule has 31 heavy (non-hydrogen) atoms. The molecule has 9 heteroatoms. The third-order valence-electron chi connectivity index (χ3n) is 6.63. The highest BCUT2D eigenvalue weighted by Crippen LogP contribution is 2.40. The lowest BCUT2D eigenvalue weighted by atomic mass is 9.80. The Morgan fingerprint density at radius 1 is 1.19 bits per heavy atom.